The quantitative estimate of drug-likeness (QED) is 0.661. The summed E-state index contributed by atoms with van der Waals surface area (Å²) < 4.78 is 17.0. The third-order valence-electron chi connectivity index (χ3n) is 6.49. The van der Waals surface area contributed by atoms with E-state index in [4.69, 9.17) is 14.2 Å². The van der Waals surface area contributed by atoms with Crippen molar-refractivity contribution in [3.8, 4) is 17.2 Å². The molecule has 0 atom stereocenters. The molecule has 0 radical (unpaired) electrons. The van der Waals surface area contributed by atoms with Gasteiger partial charge in [0.2, 0.25) is 5.75 Å². The fourth-order valence-electron chi connectivity index (χ4n) is 4.68. The molecule has 32 heavy (non-hydrogen) atoms. The minimum Gasteiger partial charge on any atom is -0.493 e. The molecule has 1 amide bonds. The van der Waals surface area contributed by atoms with Crippen LogP contribution in [0.1, 0.15) is 54.4 Å². The molecule has 2 aromatic carbocycles. The van der Waals surface area contributed by atoms with Gasteiger partial charge < -0.3 is 19.5 Å². The van der Waals surface area contributed by atoms with Crippen LogP contribution in [0.25, 0.3) is 0 Å². The van der Waals surface area contributed by atoms with Crippen LogP contribution < -0.4 is 19.5 Å². The van der Waals surface area contributed by atoms with Gasteiger partial charge in [0, 0.05) is 18.2 Å². The maximum Gasteiger partial charge on any atom is 0.251 e. The van der Waals surface area contributed by atoms with E-state index < -0.39 is 0 Å². The maximum atomic E-state index is 12.7. The van der Waals surface area contributed by atoms with Gasteiger partial charge in [0.05, 0.1) is 20.3 Å². The van der Waals surface area contributed by atoms with Gasteiger partial charge in [0.15, 0.2) is 11.5 Å². The zero-order valence-corrected chi connectivity index (χ0v) is 19.1. The van der Waals surface area contributed by atoms with Crippen molar-refractivity contribution < 1.29 is 19.0 Å². The number of benzene rings is 2. The Morgan fingerprint density at radius 3 is 2.28 bits per heavy atom. The van der Waals surface area contributed by atoms with Gasteiger partial charge in [-0.3, -0.25) is 9.69 Å². The van der Waals surface area contributed by atoms with E-state index in [1.165, 1.54) is 31.5 Å². The third-order valence-corrected chi connectivity index (χ3v) is 6.49. The normalized spacial score (nSPS) is 21.2. The van der Waals surface area contributed by atoms with Crippen molar-refractivity contribution >= 4 is 5.91 Å². The van der Waals surface area contributed by atoms with Gasteiger partial charge in [0.1, 0.15) is 0 Å². The van der Waals surface area contributed by atoms with Crippen molar-refractivity contribution in [3.63, 3.8) is 0 Å². The molecule has 172 valence electrons. The summed E-state index contributed by atoms with van der Waals surface area (Å²) in [6.07, 6.45) is 6.27. The zero-order chi connectivity index (χ0) is 22.3. The molecule has 0 aromatic heterocycles. The fourth-order valence-corrected chi connectivity index (χ4v) is 4.68. The van der Waals surface area contributed by atoms with E-state index in [0.717, 1.165) is 37.8 Å². The van der Waals surface area contributed by atoms with Crippen LogP contribution in [0.2, 0.25) is 0 Å². The highest BCUT2D eigenvalue weighted by Gasteiger charge is 2.25. The minimum absolute atomic E-state index is 0.0107. The van der Waals surface area contributed by atoms with Crippen LogP contribution in [0.4, 0.5) is 0 Å². The Bertz CT molecular complexity index is 885. The first-order valence-corrected chi connectivity index (χ1v) is 11.7. The Labute approximate surface area is 190 Å². The number of ether oxygens (including phenoxy) is 3. The lowest BCUT2D eigenvalue weighted by molar-refractivity contribution is 0.0891. The molecule has 2 aromatic rings. The van der Waals surface area contributed by atoms with Crippen molar-refractivity contribution in [1.82, 2.24) is 10.2 Å². The summed E-state index contributed by atoms with van der Waals surface area (Å²) in [6.45, 7) is 3.34. The lowest BCUT2D eigenvalue weighted by Gasteiger charge is -2.30. The number of hydrogen-bond donors (Lipinski definition) is 1. The van der Waals surface area contributed by atoms with E-state index in [-0.39, 0.29) is 18.1 Å². The summed E-state index contributed by atoms with van der Waals surface area (Å²) >= 11 is 0. The average molecular weight is 439 g/mol. The first-order chi connectivity index (χ1) is 15.7. The number of hydrogen-bond acceptors (Lipinski definition) is 5. The van der Waals surface area contributed by atoms with Gasteiger partial charge in [-0.2, -0.15) is 0 Å². The highest BCUT2D eigenvalue weighted by atomic mass is 16.5. The van der Waals surface area contributed by atoms with Crippen molar-refractivity contribution in [2.24, 2.45) is 0 Å². The smallest absolute Gasteiger partial charge is 0.251 e. The molecule has 2 fully saturated rings. The van der Waals surface area contributed by atoms with Crippen molar-refractivity contribution in [2.45, 2.75) is 57.2 Å². The molecule has 1 saturated heterocycles. The van der Waals surface area contributed by atoms with E-state index in [0.29, 0.717) is 17.2 Å². The van der Waals surface area contributed by atoms with E-state index in [1.54, 1.807) is 14.2 Å². The first kappa shape index (κ1) is 22.5. The fraction of sp³-hybridized carbons (Fsp3) is 0.500. The maximum absolute atomic E-state index is 12.7. The van der Waals surface area contributed by atoms with Crippen molar-refractivity contribution in [3.05, 3.63) is 53.6 Å². The Morgan fingerprint density at radius 1 is 0.938 bits per heavy atom. The number of para-hydroxylation sites is 1. The number of nitrogens with zero attached hydrogens (tertiary/aromatic N) is 1. The standard InChI is InChI=1S/C26H34N2O4/c1-30-23-6-5-7-24(25(23)31-2)32-22-14-12-21(13-15-22)27-26(29)20-10-8-19(9-11-20)18-28-16-3-4-17-28/h5-11,21-22H,3-4,12-18H2,1-2H3,(H,27,29). The van der Waals surface area contributed by atoms with Gasteiger partial charge in [0.25, 0.3) is 5.91 Å². The predicted molar refractivity (Wildman–Crippen MR) is 125 cm³/mol. The lowest BCUT2D eigenvalue weighted by Crippen LogP contribution is -2.39. The third kappa shape index (κ3) is 5.54. The van der Waals surface area contributed by atoms with Crippen molar-refractivity contribution in [1.29, 1.82) is 0 Å². The number of nitrogens with one attached hydrogen (secondary N) is 1. The molecule has 6 heteroatoms. The second-order valence-corrected chi connectivity index (χ2v) is 8.74. The second-order valence-electron chi connectivity index (χ2n) is 8.74. The van der Waals surface area contributed by atoms with Crippen molar-refractivity contribution in [2.75, 3.05) is 27.3 Å². The summed E-state index contributed by atoms with van der Waals surface area (Å²) in [5.74, 6) is 2.00. The molecule has 1 saturated carbocycles. The second kappa shape index (κ2) is 10.7. The van der Waals surface area contributed by atoms with Crippen LogP contribution in [-0.2, 0) is 6.54 Å². The summed E-state index contributed by atoms with van der Waals surface area (Å²) in [4.78, 5) is 15.2. The summed E-state index contributed by atoms with van der Waals surface area (Å²) in [5, 5.41) is 3.20. The molecule has 1 heterocycles. The molecule has 0 spiro atoms. The summed E-state index contributed by atoms with van der Waals surface area (Å²) in [6, 6.07) is 13.9. The number of amides is 1. The zero-order valence-electron chi connectivity index (χ0n) is 19.1. The minimum atomic E-state index is 0.0107. The predicted octanol–water partition coefficient (Wildman–Crippen LogP) is 4.42. The Balaban J connectivity index is 1.25. The first-order valence-electron chi connectivity index (χ1n) is 11.7. The number of rotatable bonds is 8. The van der Waals surface area contributed by atoms with Crippen LogP contribution in [0, 0.1) is 0 Å². The molecule has 0 unspecified atom stereocenters. The molecular formula is C26H34N2O4. The van der Waals surface area contributed by atoms with E-state index in [9.17, 15) is 4.79 Å². The Morgan fingerprint density at radius 2 is 1.62 bits per heavy atom. The van der Waals surface area contributed by atoms with Gasteiger partial charge in [-0.05, 0) is 81.4 Å². The molecule has 0 bridgehead atoms. The van der Waals surface area contributed by atoms with Crippen LogP contribution in [0.15, 0.2) is 42.5 Å². The topological polar surface area (TPSA) is 60.0 Å². The van der Waals surface area contributed by atoms with Gasteiger partial charge in [-0.15, -0.1) is 0 Å². The van der Waals surface area contributed by atoms with Crippen LogP contribution in [-0.4, -0.2) is 50.3 Å². The number of methoxy groups -OCH3 is 2. The monoisotopic (exact) mass is 438 g/mol. The number of likely N-dealkylation sites (tertiary alicyclic amines) is 1. The molecular weight excluding hydrogens is 404 g/mol. The molecule has 4 rings (SSSR count). The van der Waals surface area contributed by atoms with Gasteiger partial charge in [-0.1, -0.05) is 18.2 Å². The van der Waals surface area contributed by atoms with Gasteiger partial charge >= 0.3 is 0 Å². The number of carbonyl (C=O) groups excluding carboxylic acids is 1. The Hall–Kier alpha value is -2.73. The van der Waals surface area contributed by atoms with E-state index in [1.807, 2.05) is 30.3 Å². The summed E-state index contributed by atoms with van der Waals surface area (Å²) in [5.41, 5.74) is 2.00. The SMILES string of the molecule is COc1cccc(OC2CCC(NC(=O)c3ccc(CN4CCCC4)cc3)CC2)c1OC. The lowest BCUT2D eigenvalue weighted by atomic mass is 9.92. The van der Waals surface area contributed by atoms with Gasteiger partial charge in [-0.25, -0.2) is 0 Å². The van der Waals surface area contributed by atoms with Crippen LogP contribution in [0.5, 0.6) is 17.2 Å². The Kier molecular flexibility index (Phi) is 7.53. The molecule has 1 N–H and O–H groups in total. The molecule has 6 nitrogen and oxygen atoms in total. The largest absolute Gasteiger partial charge is 0.493 e. The average Bonchev–Trinajstić information content (AvgIpc) is 3.33. The highest BCUT2D eigenvalue weighted by molar-refractivity contribution is 5.94. The van der Waals surface area contributed by atoms with E-state index >= 15 is 0 Å². The molecule has 1 aliphatic carbocycles. The van der Waals surface area contributed by atoms with Crippen LogP contribution >= 0.6 is 0 Å². The number of carbonyl (C=O) groups is 1. The molecule has 2 aliphatic rings. The van der Waals surface area contributed by atoms with Crippen LogP contribution in [0.3, 0.4) is 0 Å². The summed E-state index contributed by atoms with van der Waals surface area (Å²) in [7, 11) is 3.24. The molecule has 1 aliphatic heterocycles. The van der Waals surface area contributed by atoms with E-state index in [2.05, 4.69) is 22.3 Å². The highest BCUT2D eigenvalue weighted by Crippen LogP contribution is 2.38.